The Morgan fingerprint density at radius 1 is 1.35 bits per heavy atom. The molecule has 1 rings (SSSR count). The Kier molecular flexibility index (Phi) is 4.22. The lowest BCUT2D eigenvalue weighted by atomic mass is 10.0. The number of nitrogens with two attached hydrogens (primary N) is 1. The third-order valence-corrected chi connectivity index (χ3v) is 2.33. The highest BCUT2D eigenvalue weighted by Gasteiger charge is 2.35. The maximum Gasteiger partial charge on any atom is 0.420 e. The van der Waals surface area contributed by atoms with Crippen molar-refractivity contribution in [2.75, 3.05) is 13.7 Å². The molecule has 1 aromatic carbocycles. The van der Waals surface area contributed by atoms with E-state index in [-0.39, 0.29) is 5.75 Å². The fourth-order valence-corrected chi connectivity index (χ4v) is 1.49. The average Bonchev–Trinajstić information content (AvgIpc) is 2.26. The van der Waals surface area contributed by atoms with Crippen molar-refractivity contribution < 1.29 is 23.0 Å². The van der Waals surface area contributed by atoms with Gasteiger partial charge in [0.2, 0.25) is 0 Å². The summed E-state index contributed by atoms with van der Waals surface area (Å²) in [5, 5.41) is 9.40. The number of phenolic OH excluding ortho intramolecular Hbond substituents is 1. The predicted molar refractivity (Wildman–Crippen MR) is 57.0 cm³/mol. The van der Waals surface area contributed by atoms with Crippen LogP contribution in [0.15, 0.2) is 12.1 Å². The van der Waals surface area contributed by atoms with E-state index in [2.05, 4.69) is 0 Å². The van der Waals surface area contributed by atoms with Gasteiger partial charge in [-0.25, -0.2) is 0 Å². The van der Waals surface area contributed by atoms with E-state index in [1.165, 1.54) is 13.2 Å². The Labute approximate surface area is 97.0 Å². The van der Waals surface area contributed by atoms with Crippen LogP contribution in [0.4, 0.5) is 13.2 Å². The standard InChI is InChI=1S/C11H14F3NO2/c1-17-9-6-7(3-2-4-15)5-8(10(9)16)11(12,13)14/h5-6,16H,2-4,15H2,1H3. The summed E-state index contributed by atoms with van der Waals surface area (Å²) >= 11 is 0. The lowest BCUT2D eigenvalue weighted by molar-refractivity contribution is -0.138. The largest absolute Gasteiger partial charge is 0.504 e. The quantitative estimate of drug-likeness (QED) is 0.860. The van der Waals surface area contributed by atoms with Crippen LogP contribution >= 0.6 is 0 Å². The summed E-state index contributed by atoms with van der Waals surface area (Å²) in [6, 6.07) is 2.31. The first kappa shape index (κ1) is 13.6. The summed E-state index contributed by atoms with van der Waals surface area (Å²) in [5.41, 5.74) is 4.66. The third kappa shape index (κ3) is 3.26. The van der Waals surface area contributed by atoms with Crippen molar-refractivity contribution in [2.45, 2.75) is 19.0 Å². The van der Waals surface area contributed by atoms with Crippen LogP contribution in [-0.4, -0.2) is 18.8 Å². The van der Waals surface area contributed by atoms with Gasteiger partial charge < -0.3 is 15.6 Å². The summed E-state index contributed by atoms with van der Waals surface area (Å²) in [5.74, 6) is -1.05. The molecule has 0 aliphatic carbocycles. The van der Waals surface area contributed by atoms with Gasteiger partial charge in [0.25, 0.3) is 0 Å². The minimum Gasteiger partial charge on any atom is -0.504 e. The molecule has 0 saturated heterocycles. The Balaban J connectivity index is 3.19. The second-order valence-corrected chi connectivity index (χ2v) is 3.58. The molecule has 0 aromatic heterocycles. The molecule has 1 aromatic rings. The smallest absolute Gasteiger partial charge is 0.420 e. The molecule has 3 nitrogen and oxygen atoms in total. The zero-order chi connectivity index (χ0) is 13.1. The number of benzene rings is 1. The van der Waals surface area contributed by atoms with E-state index >= 15 is 0 Å². The SMILES string of the molecule is COc1cc(CCCN)cc(C(F)(F)F)c1O. The van der Waals surface area contributed by atoms with Crippen molar-refractivity contribution in [1.82, 2.24) is 0 Å². The number of hydrogen-bond acceptors (Lipinski definition) is 3. The summed E-state index contributed by atoms with van der Waals surface area (Å²) in [7, 11) is 1.21. The second-order valence-electron chi connectivity index (χ2n) is 3.58. The normalized spacial score (nSPS) is 11.6. The van der Waals surface area contributed by atoms with E-state index in [1.54, 1.807) is 0 Å². The molecule has 6 heteroatoms. The summed E-state index contributed by atoms with van der Waals surface area (Å²) in [4.78, 5) is 0. The molecule has 3 N–H and O–H groups in total. The van der Waals surface area contributed by atoms with Crippen LogP contribution in [-0.2, 0) is 12.6 Å². The number of aryl methyl sites for hydroxylation is 1. The number of hydrogen-bond donors (Lipinski definition) is 2. The van der Waals surface area contributed by atoms with Gasteiger partial charge in [-0.3, -0.25) is 0 Å². The van der Waals surface area contributed by atoms with Crippen molar-refractivity contribution in [3.8, 4) is 11.5 Å². The van der Waals surface area contributed by atoms with Gasteiger partial charge >= 0.3 is 6.18 Å². The van der Waals surface area contributed by atoms with E-state index in [9.17, 15) is 18.3 Å². The molecule has 0 atom stereocenters. The fourth-order valence-electron chi connectivity index (χ4n) is 1.49. The van der Waals surface area contributed by atoms with Crippen molar-refractivity contribution in [3.63, 3.8) is 0 Å². The van der Waals surface area contributed by atoms with Crippen molar-refractivity contribution in [1.29, 1.82) is 0 Å². The topological polar surface area (TPSA) is 55.5 Å². The molecule has 0 aliphatic heterocycles. The first-order valence-electron chi connectivity index (χ1n) is 5.07. The van der Waals surface area contributed by atoms with Crippen molar-refractivity contribution in [3.05, 3.63) is 23.3 Å². The van der Waals surface area contributed by atoms with Crippen LogP contribution in [0, 0.1) is 0 Å². The Hall–Kier alpha value is -1.43. The zero-order valence-corrected chi connectivity index (χ0v) is 9.34. The molecule has 0 bridgehead atoms. The molecule has 96 valence electrons. The van der Waals surface area contributed by atoms with Crippen LogP contribution in [0.1, 0.15) is 17.5 Å². The van der Waals surface area contributed by atoms with Gasteiger partial charge in [0, 0.05) is 0 Å². The molecule has 0 fully saturated rings. The van der Waals surface area contributed by atoms with Crippen LogP contribution in [0.3, 0.4) is 0 Å². The van der Waals surface area contributed by atoms with Crippen molar-refractivity contribution in [2.24, 2.45) is 5.73 Å². The van der Waals surface area contributed by atoms with Crippen LogP contribution in [0.2, 0.25) is 0 Å². The van der Waals surface area contributed by atoms with E-state index in [1.807, 2.05) is 0 Å². The third-order valence-electron chi connectivity index (χ3n) is 2.33. The predicted octanol–water partition coefficient (Wildman–Crippen LogP) is 2.31. The number of rotatable bonds is 4. The Bertz CT molecular complexity index is 391. The van der Waals surface area contributed by atoms with Gasteiger partial charge in [0.05, 0.1) is 7.11 Å². The second kappa shape index (κ2) is 5.27. The highest BCUT2D eigenvalue weighted by atomic mass is 19.4. The van der Waals surface area contributed by atoms with Gasteiger partial charge in [0.15, 0.2) is 11.5 Å². The lowest BCUT2D eigenvalue weighted by Crippen LogP contribution is -2.08. The summed E-state index contributed by atoms with van der Waals surface area (Å²) < 4.78 is 42.6. The maximum absolute atomic E-state index is 12.6. The summed E-state index contributed by atoms with van der Waals surface area (Å²) in [6.45, 7) is 0.393. The summed E-state index contributed by atoms with van der Waals surface area (Å²) in [6.07, 6.45) is -3.61. The van der Waals surface area contributed by atoms with Crippen LogP contribution in [0.5, 0.6) is 11.5 Å². The Morgan fingerprint density at radius 3 is 2.47 bits per heavy atom. The number of phenols is 1. The maximum atomic E-state index is 12.6. The van der Waals surface area contributed by atoms with E-state index in [0.717, 1.165) is 6.07 Å². The first-order chi connectivity index (χ1) is 7.90. The highest BCUT2D eigenvalue weighted by Crippen LogP contribution is 2.41. The highest BCUT2D eigenvalue weighted by molar-refractivity contribution is 5.49. The van der Waals surface area contributed by atoms with E-state index in [0.29, 0.717) is 24.9 Å². The molecular weight excluding hydrogens is 235 g/mol. The Morgan fingerprint density at radius 2 is 2.00 bits per heavy atom. The van der Waals surface area contributed by atoms with Gasteiger partial charge in [-0.15, -0.1) is 0 Å². The number of halogens is 3. The number of aromatic hydroxyl groups is 1. The van der Waals surface area contributed by atoms with Gasteiger partial charge in [-0.2, -0.15) is 13.2 Å². The molecule has 0 amide bonds. The molecule has 0 radical (unpaired) electrons. The van der Waals surface area contributed by atoms with E-state index in [4.69, 9.17) is 10.5 Å². The van der Waals surface area contributed by atoms with Crippen molar-refractivity contribution >= 4 is 0 Å². The fraction of sp³-hybridized carbons (Fsp3) is 0.455. The molecular formula is C11H14F3NO2. The van der Waals surface area contributed by atoms with Gasteiger partial charge in [-0.05, 0) is 37.1 Å². The number of alkyl halides is 3. The molecule has 0 unspecified atom stereocenters. The number of ether oxygens (including phenoxy) is 1. The lowest BCUT2D eigenvalue weighted by Gasteiger charge is -2.14. The monoisotopic (exact) mass is 249 g/mol. The average molecular weight is 249 g/mol. The molecule has 17 heavy (non-hydrogen) atoms. The minimum absolute atomic E-state index is 0.174. The number of methoxy groups -OCH3 is 1. The molecule has 0 saturated carbocycles. The zero-order valence-electron chi connectivity index (χ0n) is 9.34. The van der Waals surface area contributed by atoms with E-state index < -0.39 is 17.5 Å². The molecule has 0 aliphatic rings. The van der Waals surface area contributed by atoms with Crippen LogP contribution in [0.25, 0.3) is 0 Å². The van der Waals surface area contributed by atoms with Gasteiger partial charge in [0.1, 0.15) is 5.56 Å². The molecule has 0 heterocycles. The molecule has 0 spiro atoms. The van der Waals surface area contributed by atoms with Crippen LogP contribution < -0.4 is 10.5 Å². The van der Waals surface area contributed by atoms with Gasteiger partial charge in [-0.1, -0.05) is 0 Å². The minimum atomic E-state index is -4.60. The first-order valence-corrected chi connectivity index (χ1v) is 5.07.